The summed E-state index contributed by atoms with van der Waals surface area (Å²) in [7, 11) is -3.75. The van der Waals surface area contributed by atoms with E-state index in [0.717, 1.165) is 18.9 Å². The Hall–Kier alpha value is -1.18. The summed E-state index contributed by atoms with van der Waals surface area (Å²) in [6.07, 6.45) is 2.71. The highest BCUT2D eigenvalue weighted by Gasteiger charge is 2.35. The largest absolute Gasteiger partial charge is 0.398 e. The molecule has 0 bridgehead atoms. The van der Waals surface area contributed by atoms with Crippen molar-refractivity contribution in [3.8, 4) is 0 Å². The first kappa shape index (κ1) is 16.2. The average Bonchev–Trinajstić information content (AvgIpc) is 2.91. The number of aliphatic hydroxyl groups is 1. The van der Waals surface area contributed by atoms with Crippen molar-refractivity contribution in [1.82, 2.24) is 4.31 Å². The number of hydrogen-bond donors (Lipinski definition) is 2. The molecule has 1 aromatic rings. The Balaban J connectivity index is 2.33. The number of aliphatic hydroxyl groups excluding tert-OH is 1. The molecule has 0 saturated carbocycles. The van der Waals surface area contributed by atoms with Crippen molar-refractivity contribution in [2.75, 3.05) is 18.9 Å². The van der Waals surface area contributed by atoms with Crippen LogP contribution in [0.2, 0.25) is 0 Å². The number of nitrogen functional groups attached to an aromatic ring is 1. The minimum absolute atomic E-state index is 0.0382. The van der Waals surface area contributed by atoms with Crippen LogP contribution in [-0.4, -0.2) is 37.0 Å². The fraction of sp³-hybridized carbons (Fsp3) is 0.571. The van der Waals surface area contributed by atoms with Crippen LogP contribution in [0.25, 0.3) is 0 Å². The molecule has 0 aliphatic carbocycles. The van der Waals surface area contributed by atoms with E-state index < -0.39 is 15.8 Å². The molecule has 1 atom stereocenters. The van der Waals surface area contributed by atoms with E-state index in [9.17, 15) is 12.8 Å². The molecule has 1 unspecified atom stereocenters. The topological polar surface area (TPSA) is 83.6 Å². The van der Waals surface area contributed by atoms with Crippen molar-refractivity contribution in [3.05, 3.63) is 23.5 Å². The first-order valence-corrected chi connectivity index (χ1v) is 8.50. The van der Waals surface area contributed by atoms with Crippen molar-refractivity contribution in [2.45, 2.75) is 43.5 Å². The Morgan fingerprint density at radius 1 is 1.48 bits per heavy atom. The Kier molecular flexibility index (Phi) is 4.85. The smallest absolute Gasteiger partial charge is 0.243 e. The molecule has 0 amide bonds. The molecule has 1 aromatic carbocycles. The van der Waals surface area contributed by atoms with E-state index in [1.807, 2.05) is 0 Å². The molecule has 5 nitrogen and oxygen atoms in total. The van der Waals surface area contributed by atoms with Gasteiger partial charge in [-0.3, -0.25) is 0 Å². The molecular formula is C14H21FN2O3S. The van der Waals surface area contributed by atoms with Gasteiger partial charge in [0.15, 0.2) is 0 Å². The van der Waals surface area contributed by atoms with Gasteiger partial charge in [0.25, 0.3) is 0 Å². The number of rotatable bonds is 5. The maximum atomic E-state index is 13.8. The average molecular weight is 316 g/mol. The van der Waals surface area contributed by atoms with Crippen molar-refractivity contribution in [3.63, 3.8) is 0 Å². The van der Waals surface area contributed by atoms with Crippen LogP contribution >= 0.6 is 0 Å². The van der Waals surface area contributed by atoms with Crippen LogP contribution in [0.4, 0.5) is 10.1 Å². The number of sulfonamides is 1. The summed E-state index contributed by atoms with van der Waals surface area (Å²) in [4.78, 5) is -0.0981. The number of nitrogens with two attached hydrogens (primary N) is 1. The summed E-state index contributed by atoms with van der Waals surface area (Å²) >= 11 is 0. The molecule has 7 heteroatoms. The van der Waals surface area contributed by atoms with Gasteiger partial charge in [-0.15, -0.1) is 0 Å². The molecule has 1 aliphatic rings. The van der Waals surface area contributed by atoms with E-state index in [0.29, 0.717) is 19.4 Å². The highest BCUT2D eigenvalue weighted by atomic mass is 32.2. The molecular weight excluding hydrogens is 295 g/mol. The minimum atomic E-state index is -3.75. The quantitative estimate of drug-likeness (QED) is 0.809. The van der Waals surface area contributed by atoms with Gasteiger partial charge in [-0.25, -0.2) is 12.8 Å². The van der Waals surface area contributed by atoms with Gasteiger partial charge in [-0.2, -0.15) is 4.31 Å². The van der Waals surface area contributed by atoms with E-state index >= 15 is 0 Å². The maximum absolute atomic E-state index is 13.8. The van der Waals surface area contributed by atoms with Crippen molar-refractivity contribution >= 4 is 15.7 Å². The zero-order valence-electron chi connectivity index (χ0n) is 12.0. The van der Waals surface area contributed by atoms with Gasteiger partial charge in [-0.1, -0.05) is 0 Å². The molecule has 0 spiro atoms. The molecule has 3 N–H and O–H groups in total. The molecule has 21 heavy (non-hydrogen) atoms. The summed E-state index contributed by atoms with van der Waals surface area (Å²) in [5.41, 5.74) is 6.07. The molecule has 2 rings (SSSR count). The Labute approximate surface area is 124 Å². The molecule has 1 saturated heterocycles. The molecule has 0 aromatic heterocycles. The van der Waals surface area contributed by atoms with Crippen LogP contribution in [0.3, 0.4) is 0 Å². The van der Waals surface area contributed by atoms with Crippen LogP contribution in [0.15, 0.2) is 17.0 Å². The third-order valence-electron chi connectivity index (χ3n) is 3.98. The maximum Gasteiger partial charge on any atom is 0.243 e. The molecule has 1 fully saturated rings. The monoisotopic (exact) mass is 316 g/mol. The standard InChI is InChI=1S/C14H21FN2O3S/c1-10-13(15)8-12(9-14(10)16)21(19,20)17-6-2-4-11(17)5-3-7-18/h8-9,11,18H,2-7,16H2,1H3. The number of benzene rings is 1. The normalized spacial score (nSPS) is 20.0. The number of hydrogen-bond acceptors (Lipinski definition) is 4. The second-order valence-corrected chi connectivity index (χ2v) is 7.29. The zero-order chi connectivity index (χ0) is 15.6. The fourth-order valence-electron chi connectivity index (χ4n) is 2.70. The number of halogens is 1. The lowest BCUT2D eigenvalue weighted by Gasteiger charge is -2.24. The predicted octanol–water partition coefficient (Wildman–Crippen LogP) is 1.64. The first-order valence-electron chi connectivity index (χ1n) is 7.06. The third-order valence-corrected chi connectivity index (χ3v) is 5.91. The van der Waals surface area contributed by atoms with Gasteiger partial charge in [-0.05, 0) is 44.7 Å². The van der Waals surface area contributed by atoms with E-state index in [2.05, 4.69) is 0 Å². The highest BCUT2D eigenvalue weighted by molar-refractivity contribution is 7.89. The third kappa shape index (κ3) is 3.20. The first-order chi connectivity index (χ1) is 9.87. The van der Waals surface area contributed by atoms with E-state index in [1.165, 1.54) is 17.3 Å². The summed E-state index contributed by atoms with van der Waals surface area (Å²) in [6.45, 7) is 1.98. The van der Waals surface area contributed by atoms with Gasteiger partial charge in [0.05, 0.1) is 4.90 Å². The summed E-state index contributed by atoms with van der Waals surface area (Å²) < 4.78 is 40.5. The molecule has 118 valence electrons. The van der Waals surface area contributed by atoms with E-state index in [1.54, 1.807) is 0 Å². The Morgan fingerprint density at radius 3 is 2.81 bits per heavy atom. The van der Waals surface area contributed by atoms with Gasteiger partial charge in [0.1, 0.15) is 5.82 Å². The minimum Gasteiger partial charge on any atom is -0.398 e. The van der Waals surface area contributed by atoms with Crippen LogP contribution in [0.5, 0.6) is 0 Å². The van der Waals surface area contributed by atoms with Crippen molar-refractivity contribution in [2.24, 2.45) is 0 Å². The SMILES string of the molecule is Cc1c(N)cc(S(=O)(=O)N2CCCC2CCCO)cc1F. The van der Waals surface area contributed by atoms with Crippen LogP contribution < -0.4 is 5.73 Å². The number of anilines is 1. The van der Waals surface area contributed by atoms with Gasteiger partial charge in [0, 0.05) is 30.4 Å². The van der Waals surface area contributed by atoms with Gasteiger partial charge >= 0.3 is 0 Å². The zero-order valence-corrected chi connectivity index (χ0v) is 12.9. The van der Waals surface area contributed by atoms with Crippen molar-refractivity contribution in [1.29, 1.82) is 0 Å². The van der Waals surface area contributed by atoms with Gasteiger partial charge in [0.2, 0.25) is 10.0 Å². The summed E-state index contributed by atoms with van der Waals surface area (Å²) in [5, 5.41) is 8.90. The fourth-order valence-corrected chi connectivity index (χ4v) is 4.47. The van der Waals surface area contributed by atoms with Crippen molar-refractivity contribution < 1.29 is 17.9 Å². The lowest BCUT2D eigenvalue weighted by atomic mass is 10.1. The van der Waals surface area contributed by atoms with E-state index in [-0.39, 0.29) is 28.8 Å². The molecule has 1 heterocycles. The number of nitrogens with zero attached hydrogens (tertiary/aromatic N) is 1. The Bertz CT molecular complexity index is 596. The van der Waals surface area contributed by atoms with Crippen LogP contribution in [0, 0.1) is 12.7 Å². The van der Waals surface area contributed by atoms with Gasteiger partial charge < -0.3 is 10.8 Å². The lowest BCUT2D eigenvalue weighted by molar-refractivity contribution is 0.264. The second kappa shape index (κ2) is 6.29. The molecule has 1 aliphatic heterocycles. The van der Waals surface area contributed by atoms with Crippen LogP contribution in [0.1, 0.15) is 31.2 Å². The van der Waals surface area contributed by atoms with E-state index in [4.69, 9.17) is 10.8 Å². The second-order valence-electron chi connectivity index (χ2n) is 5.40. The summed E-state index contributed by atoms with van der Waals surface area (Å²) in [6, 6.07) is 2.21. The highest BCUT2D eigenvalue weighted by Crippen LogP contribution is 2.30. The van der Waals surface area contributed by atoms with Crippen LogP contribution in [-0.2, 0) is 10.0 Å². The lowest BCUT2D eigenvalue weighted by Crippen LogP contribution is -2.35. The Morgan fingerprint density at radius 2 is 2.19 bits per heavy atom. The predicted molar refractivity (Wildman–Crippen MR) is 78.8 cm³/mol. The summed E-state index contributed by atoms with van der Waals surface area (Å²) in [5.74, 6) is -0.611. The molecule has 0 radical (unpaired) electrons.